The SMILES string of the molecule is C=CCCOc1cc(S(C)(=O)=O)ccc1CNc1nc(SC)nc2c(C(C)C)cnn12. The largest absolute Gasteiger partial charge is 0.493 e. The third-order valence-electron chi connectivity index (χ3n) is 4.66. The number of fused-ring (bicyclic) bond motifs is 1. The molecule has 10 heteroatoms. The van der Waals surface area contributed by atoms with Crippen molar-refractivity contribution in [1.82, 2.24) is 19.6 Å². The zero-order valence-corrected chi connectivity index (χ0v) is 19.8. The summed E-state index contributed by atoms with van der Waals surface area (Å²) in [6.07, 6.45) is 7.33. The molecular formula is C21H27N5O3S2. The van der Waals surface area contributed by atoms with Gasteiger partial charge in [-0.1, -0.05) is 37.8 Å². The smallest absolute Gasteiger partial charge is 0.228 e. The molecule has 0 spiro atoms. The molecule has 3 aromatic rings. The van der Waals surface area contributed by atoms with Crippen molar-refractivity contribution in [2.45, 2.75) is 42.8 Å². The van der Waals surface area contributed by atoms with Crippen LogP contribution in [0, 0.1) is 0 Å². The third kappa shape index (κ3) is 5.37. The number of rotatable bonds is 10. The van der Waals surface area contributed by atoms with Crippen LogP contribution in [0.15, 0.2) is 47.1 Å². The standard InChI is InChI=1S/C21H27N5O3S2/c1-6-7-10-29-18-11-16(31(5,27)28)9-8-15(18)12-22-20-25-21(30-4)24-19-17(14(2)3)13-23-26(19)20/h6,8-9,11,13-14H,1,7,10,12H2,2-5H3,(H,22,24,25). The number of sulfone groups is 1. The molecule has 0 fully saturated rings. The summed E-state index contributed by atoms with van der Waals surface area (Å²) in [5, 5.41) is 8.41. The fourth-order valence-corrected chi connectivity index (χ4v) is 3.95. The molecule has 3 rings (SSSR count). The fraction of sp³-hybridized carbons (Fsp3) is 0.381. The van der Waals surface area contributed by atoms with Gasteiger partial charge in [0, 0.05) is 23.9 Å². The number of anilines is 1. The van der Waals surface area contributed by atoms with Crippen LogP contribution in [0.4, 0.5) is 5.95 Å². The quantitative estimate of drug-likeness (QED) is 0.275. The Labute approximate surface area is 187 Å². The Balaban J connectivity index is 1.94. The first-order chi connectivity index (χ1) is 14.7. The molecule has 2 aromatic heterocycles. The van der Waals surface area contributed by atoms with Gasteiger partial charge in [0.05, 0.1) is 17.7 Å². The highest BCUT2D eigenvalue weighted by Gasteiger charge is 2.16. The second-order valence-electron chi connectivity index (χ2n) is 7.34. The Hall–Kier alpha value is -2.59. The Morgan fingerprint density at radius 2 is 2.10 bits per heavy atom. The Bertz CT molecular complexity index is 1190. The van der Waals surface area contributed by atoms with Gasteiger partial charge in [0.25, 0.3) is 0 Å². The Kier molecular flexibility index (Phi) is 7.22. The summed E-state index contributed by atoms with van der Waals surface area (Å²) in [6, 6.07) is 4.90. The second kappa shape index (κ2) is 9.69. The molecule has 0 radical (unpaired) electrons. The van der Waals surface area contributed by atoms with E-state index in [0.29, 0.717) is 36.4 Å². The van der Waals surface area contributed by atoms with Crippen LogP contribution in [0.5, 0.6) is 5.75 Å². The number of nitrogens with zero attached hydrogens (tertiary/aromatic N) is 4. The van der Waals surface area contributed by atoms with Crippen LogP contribution >= 0.6 is 11.8 Å². The van der Waals surface area contributed by atoms with Gasteiger partial charge < -0.3 is 10.1 Å². The van der Waals surface area contributed by atoms with Gasteiger partial charge in [-0.3, -0.25) is 0 Å². The van der Waals surface area contributed by atoms with E-state index in [4.69, 9.17) is 4.74 Å². The zero-order valence-electron chi connectivity index (χ0n) is 18.1. The molecule has 0 unspecified atom stereocenters. The van der Waals surface area contributed by atoms with Crippen molar-refractivity contribution < 1.29 is 13.2 Å². The highest BCUT2D eigenvalue weighted by atomic mass is 32.2. The molecular weight excluding hydrogens is 434 g/mol. The van der Waals surface area contributed by atoms with E-state index >= 15 is 0 Å². The van der Waals surface area contributed by atoms with E-state index in [9.17, 15) is 8.42 Å². The summed E-state index contributed by atoms with van der Waals surface area (Å²) >= 11 is 1.46. The number of thioether (sulfide) groups is 1. The first-order valence-electron chi connectivity index (χ1n) is 9.84. The van der Waals surface area contributed by atoms with Gasteiger partial charge in [-0.15, -0.1) is 6.58 Å². The minimum atomic E-state index is -3.34. The van der Waals surface area contributed by atoms with Crippen LogP contribution in [-0.2, 0) is 16.4 Å². The zero-order chi connectivity index (χ0) is 22.6. The van der Waals surface area contributed by atoms with Crippen molar-refractivity contribution in [2.24, 2.45) is 0 Å². The van der Waals surface area contributed by atoms with E-state index in [1.165, 1.54) is 18.0 Å². The number of benzene rings is 1. The van der Waals surface area contributed by atoms with Crippen molar-refractivity contribution in [3.05, 3.63) is 48.2 Å². The predicted molar refractivity (Wildman–Crippen MR) is 124 cm³/mol. The Morgan fingerprint density at radius 3 is 2.74 bits per heavy atom. The molecule has 0 aliphatic heterocycles. The number of aromatic nitrogens is 4. The normalized spacial score (nSPS) is 11.8. The predicted octanol–water partition coefficient (Wildman–Crippen LogP) is 3.94. The van der Waals surface area contributed by atoms with E-state index in [1.807, 2.05) is 12.5 Å². The van der Waals surface area contributed by atoms with Crippen LogP contribution in [-0.4, -0.2) is 47.1 Å². The van der Waals surface area contributed by atoms with E-state index in [-0.39, 0.29) is 10.8 Å². The van der Waals surface area contributed by atoms with Crippen molar-refractivity contribution >= 4 is 33.2 Å². The van der Waals surface area contributed by atoms with Gasteiger partial charge in [0.1, 0.15) is 5.75 Å². The van der Waals surface area contributed by atoms with E-state index < -0.39 is 9.84 Å². The van der Waals surface area contributed by atoms with Crippen molar-refractivity contribution in [1.29, 1.82) is 0 Å². The molecule has 1 aromatic carbocycles. The summed E-state index contributed by atoms with van der Waals surface area (Å²) in [5.41, 5.74) is 2.63. The minimum absolute atomic E-state index is 0.215. The third-order valence-corrected chi connectivity index (χ3v) is 6.32. The lowest BCUT2D eigenvalue weighted by molar-refractivity contribution is 0.321. The van der Waals surface area contributed by atoms with Crippen LogP contribution < -0.4 is 10.1 Å². The van der Waals surface area contributed by atoms with Crippen LogP contribution in [0.3, 0.4) is 0 Å². The van der Waals surface area contributed by atoms with Crippen molar-refractivity contribution in [2.75, 3.05) is 24.4 Å². The van der Waals surface area contributed by atoms with Crippen LogP contribution in [0.25, 0.3) is 5.65 Å². The van der Waals surface area contributed by atoms with Gasteiger partial charge in [-0.25, -0.2) is 13.4 Å². The molecule has 166 valence electrons. The van der Waals surface area contributed by atoms with E-state index in [1.54, 1.807) is 28.8 Å². The molecule has 31 heavy (non-hydrogen) atoms. The van der Waals surface area contributed by atoms with Crippen molar-refractivity contribution in [3.8, 4) is 5.75 Å². The molecule has 0 aliphatic rings. The maximum absolute atomic E-state index is 12.0. The molecule has 0 saturated heterocycles. The van der Waals surface area contributed by atoms with Gasteiger partial charge in [-0.2, -0.15) is 14.6 Å². The lowest BCUT2D eigenvalue weighted by Gasteiger charge is -2.14. The highest BCUT2D eigenvalue weighted by Crippen LogP contribution is 2.26. The Morgan fingerprint density at radius 1 is 1.32 bits per heavy atom. The van der Waals surface area contributed by atoms with Gasteiger partial charge in [0.15, 0.2) is 20.6 Å². The fourth-order valence-electron chi connectivity index (χ4n) is 2.96. The molecule has 0 saturated carbocycles. The van der Waals surface area contributed by atoms with Crippen molar-refractivity contribution in [3.63, 3.8) is 0 Å². The lowest BCUT2D eigenvalue weighted by atomic mass is 10.1. The first kappa shape index (κ1) is 23.1. The molecule has 8 nitrogen and oxygen atoms in total. The van der Waals surface area contributed by atoms with Gasteiger partial charge in [0.2, 0.25) is 5.95 Å². The minimum Gasteiger partial charge on any atom is -0.493 e. The maximum atomic E-state index is 12.0. The molecule has 0 atom stereocenters. The number of hydrogen-bond donors (Lipinski definition) is 1. The molecule has 1 N–H and O–H groups in total. The summed E-state index contributed by atoms with van der Waals surface area (Å²) in [5.74, 6) is 1.35. The van der Waals surface area contributed by atoms with E-state index in [0.717, 1.165) is 16.8 Å². The number of hydrogen-bond acceptors (Lipinski definition) is 8. The summed E-state index contributed by atoms with van der Waals surface area (Å²) < 4.78 is 31.5. The second-order valence-corrected chi connectivity index (χ2v) is 10.1. The topological polar surface area (TPSA) is 98.5 Å². The monoisotopic (exact) mass is 461 g/mol. The molecule has 0 bridgehead atoms. The number of nitrogens with one attached hydrogen (secondary N) is 1. The maximum Gasteiger partial charge on any atom is 0.228 e. The molecule has 2 heterocycles. The summed E-state index contributed by atoms with van der Waals surface area (Å²) in [7, 11) is -3.34. The summed E-state index contributed by atoms with van der Waals surface area (Å²) in [6.45, 7) is 8.68. The average Bonchev–Trinajstić information content (AvgIpc) is 3.16. The van der Waals surface area contributed by atoms with Gasteiger partial charge >= 0.3 is 0 Å². The van der Waals surface area contributed by atoms with Crippen LogP contribution in [0.2, 0.25) is 0 Å². The lowest BCUT2D eigenvalue weighted by Crippen LogP contribution is -2.11. The number of ether oxygens (including phenoxy) is 1. The van der Waals surface area contributed by atoms with E-state index in [2.05, 4.69) is 40.8 Å². The molecule has 0 aliphatic carbocycles. The first-order valence-corrected chi connectivity index (χ1v) is 13.0. The summed E-state index contributed by atoms with van der Waals surface area (Å²) in [4.78, 5) is 9.38. The van der Waals surface area contributed by atoms with Crippen LogP contribution in [0.1, 0.15) is 37.3 Å². The average molecular weight is 462 g/mol. The molecule has 0 amide bonds. The van der Waals surface area contributed by atoms with Gasteiger partial charge in [-0.05, 0) is 30.7 Å². The highest BCUT2D eigenvalue weighted by molar-refractivity contribution is 7.98.